The number of aliphatic carboxylic acids is 1. The molecule has 4 heteroatoms. The van der Waals surface area contributed by atoms with Gasteiger partial charge in [0.2, 0.25) is 5.91 Å². The first-order valence-electron chi connectivity index (χ1n) is 7.25. The molecule has 0 aromatic heterocycles. The van der Waals surface area contributed by atoms with Gasteiger partial charge >= 0.3 is 5.97 Å². The highest BCUT2D eigenvalue weighted by Gasteiger charge is 2.57. The largest absolute Gasteiger partial charge is 0.481 e. The van der Waals surface area contributed by atoms with Crippen molar-refractivity contribution >= 4 is 11.9 Å². The van der Waals surface area contributed by atoms with Gasteiger partial charge in [-0.05, 0) is 25.7 Å². The number of hydrogen-bond donors (Lipinski definition) is 1. The van der Waals surface area contributed by atoms with Crippen molar-refractivity contribution in [1.82, 2.24) is 4.90 Å². The standard InChI is InChI=1S/C15H21NO3/c1-8-7-9(2)13-12(15(18)19)11(8)14(17)16(13)10-5-3-4-6-10/h7-8,10-13H,3-6H2,1-2H3,(H,18,19). The molecule has 4 atom stereocenters. The predicted molar refractivity (Wildman–Crippen MR) is 70.4 cm³/mol. The summed E-state index contributed by atoms with van der Waals surface area (Å²) in [5, 5.41) is 9.53. The molecular formula is C15H21NO3. The zero-order chi connectivity index (χ0) is 13.7. The Balaban J connectivity index is 2.02. The van der Waals surface area contributed by atoms with Crippen LogP contribution in [0.4, 0.5) is 0 Å². The number of carbonyl (C=O) groups is 2. The number of nitrogens with zero attached hydrogens (tertiary/aromatic N) is 1. The van der Waals surface area contributed by atoms with Crippen molar-refractivity contribution in [3.63, 3.8) is 0 Å². The summed E-state index contributed by atoms with van der Waals surface area (Å²) in [5.41, 5.74) is 1.06. The third-order valence-electron chi connectivity index (χ3n) is 5.13. The second-order valence-corrected chi connectivity index (χ2v) is 6.29. The minimum atomic E-state index is -0.817. The average Bonchev–Trinajstić information content (AvgIpc) is 2.91. The van der Waals surface area contributed by atoms with E-state index < -0.39 is 11.9 Å². The van der Waals surface area contributed by atoms with Gasteiger partial charge in [0.1, 0.15) is 0 Å². The smallest absolute Gasteiger partial charge is 0.309 e. The molecule has 1 aliphatic heterocycles. The van der Waals surface area contributed by atoms with Crippen LogP contribution in [0.15, 0.2) is 11.6 Å². The third kappa shape index (κ3) is 1.72. The van der Waals surface area contributed by atoms with Crippen molar-refractivity contribution in [2.24, 2.45) is 17.8 Å². The summed E-state index contributed by atoms with van der Waals surface area (Å²) in [4.78, 5) is 26.2. The Hall–Kier alpha value is -1.32. The molecule has 0 radical (unpaired) electrons. The van der Waals surface area contributed by atoms with Gasteiger partial charge in [0.05, 0.1) is 17.9 Å². The average molecular weight is 263 g/mol. The van der Waals surface area contributed by atoms with E-state index in [1.54, 1.807) is 0 Å². The SMILES string of the molecule is CC1=CC(C)C2C(=O)N(C3CCCC3)C1C2C(=O)O. The van der Waals surface area contributed by atoms with Gasteiger partial charge < -0.3 is 10.0 Å². The first kappa shape index (κ1) is 12.7. The van der Waals surface area contributed by atoms with Gasteiger partial charge in [0.25, 0.3) is 0 Å². The zero-order valence-electron chi connectivity index (χ0n) is 11.5. The molecule has 3 aliphatic rings. The van der Waals surface area contributed by atoms with Crippen LogP contribution in [0, 0.1) is 17.8 Å². The number of carboxylic acid groups (broad SMARTS) is 1. The molecule has 1 N–H and O–H groups in total. The summed E-state index contributed by atoms with van der Waals surface area (Å²) in [6, 6.07) is 0.0623. The van der Waals surface area contributed by atoms with Gasteiger partial charge in [0, 0.05) is 6.04 Å². The Morgan fingerprint density at radius 3 is 2.58 bits per heavy atom. The number of allylic oxidation sites excluding steroid dienone is 1. The van der Waals surface area contributed by atoms with Crippen LogP contribution < -0.4 is 0 Å². The van der Waals surface area contributed by atoms with Gasteiger partial charge in [-0.3, -0.25) is 9.59 Å². The van der Waals surface area contributed by atoms with E-state index >= 15 is 0 Å². The molecule has 4 unspecified atom stereocenters. The highest BCUT2D eigenvalue weighted by atomic mass is 16.4. The molecule has 1 amide bonds. The number of likely N-dealkylation sites (tertiary alicyclic amines) is 1. The second-order valence-electron chi connectivity index (χ2n) is 6.29. The molecule has 4 nitrogen and oxygen atoms in total. The summed E-state index contributed by atoms with van der Waals surface area (Å²) in [7, 11) is 0. The fraction of sp³-hybridized carbons (Fsp3) is 0.733. The number of amides is 1. The van der Waals surface area contributed by atoms with E-state index in [4.69, 9.17) is 0 Å². The summed E-state index contributed by atoms with van der Waals surface area (Å²) in [6.07, 6.45) is 6.47. The first-order valence-corrected chi connectivity index (χ1v) is 7.25. The van der Waals surface area contributed by atoms with Gasteiger partial charge in [-0.25, -0.2) is 0 Å². The number of hydrogen-bond acceptors (Lipinski definition) is 2. The normalized spacial score (nSPS) is 38.7. The molecule has 19 heavy (non-hydrogen) atoms. The lowest BCUT2D eigenvalue weighted by Crippen LogP contribution is -2.44. The van der Waals surface area contributed by atoms with Crippen molar-refractivity contribution in [3.8, 4) is 0 Å². The van der Waals surface area contributed by atoms with Crippen LogP contribution in [0.3, 0.4) is 0 Å². The lowest BCUT2D eigenvalue weighted by atomic mass is 9.74. The van der Waals surface area contributed by atoms with E-state index in [0.29, 0.717) is 0 Å². The van der Waals surface area contributed by atoms with E-state index in [1.165, 1.54) is 0 Å². The van der Waals surface area contributed by atoms with Crippen molar-refractivity contribution in [2.45, 2.75) is 51.6 Å². The van der Waals surface area contributed by atoms with Crippen molar-refractivity contribution in [2.75, 3.05) is 0 Å². The second kappa shape index (κ2) is 4.36. The van der Waals surface area contributed by atoms with Crippen LogP contribution in [-0.4, -0.2) is 34.0 Å². The van der Waals surface area contributed by atoms with Crippen LogP contribution >= 0.6 is 0 Å². The maximum Gasteiger partial charge on any atom is 0.309 e. The Kier molecular flexibility index (Phi) is 2.91. The number of fused-ring (bicyclic) bond motifs is 2. The molecule has 1 saturated heterocycles. The molecule has 104 valence electrons. The van der Waals surface area contributed by atoms with Crippen LogP contribution in [0.5, 0.6) is 0 Å². The fourth-order valence-corrected chi connectivity index (χ4v) is 4.38. The minimum absolute atomic E-state index is 0.0382. The number of rotatable bonds is 2. The van der Waals surface area contributed by atoms with Crippen molar-refractivity contribution < 1.29 is 14.7 Å². The molecule has 2 aliphatic carbocycles. The highest BCUT2D eigenvalue weighted by molar-refractivity contribution is 5.91. The van der Waals surface area contributed by atoms with Gasteiger partial charge in [-0.1, -0.05) is 31.4 Å². The van der Waals surface area contributed by atoms with Gasteiger partial charge in [-0.15, -0.1) is 0 Å². The van der Waals surface area contributed by atoms with Crippen LogP contribution in [-0.2, 0) is 9.59 Å². The van der Waals surface area contributed by atoms with Crippen LogP contribution in [0.1, 0.15) is 39.5 Å². The minimum Gasteiger partial charge on any atom is -0.481 e. The lowest BCUT2D eigenvalue weighted by Gasteiger charge is -2.34. The maximum absolute atomic E-state index is 12.7. The Labute approximate surface area is 113 Å². The first-order chi connectivity index (χ1) is 9.02. The summed E-state index contributed by atoms with van der Waals surface area (Å²) in [5.74, 6) is -1.61. The maximum atomic E-state index is 12.7. The quantitative estimate of drug-likeness (QED) is 0.776. The Morgan fingerprint density at radius 1 is 1.37 bits per heavy atom. The van der Waals surface area contributed by atoms with E-state index in [1.807, 2.05) is 18.7 Å². The fourth-order valence-electron chi connectivity index (χ4n) is 4.38. The molecule has 1 heterocycles. The molecule has 1 saturated carbocycles. The van der Waals surface area contributed by atoms with E-state index in [2.05, 4.69) is 6.08 Å². The molecular weight excluding hydrogens is 242 g/mol. The van der Waals surface area contributed by atoms with E-state index in [0.717, 1.165) is 31.3 Å². The van der Waals surface area contributed by atoms with E-state index in [9.17, 15) is 14.7 Å². The van der Waals surface area contributed by atoms with E-state index in [-0.39, 0.29) is 29.8 Å². The monoisotopic (exact) mass is 263 g/mol. The molecule has 0 aromatic carbocycles. The molecule has 0 aromatic rings. The van der Waals surface area contributed by atoms with Crippen molar-refractivity contribution in [1.29, 1.82) is 0 Å². The highest BCUT2D eigenvalue weighted by Crippen LogP contribution is 2.46. The number of carbonyl (C=O) groups excluding carboxylic acids is 1. The Bertz CT molecular complexity index is 450. The predicted octanol–water partition coefficient (Wildman–Crippen LogP) is 2.05. The third-order valence-corrected chi connectivity index (χ3v) is 5.13. The summed E-state index contributed by atoms with van der Waals surface area (Å²) in [6.45, 7) is 3.95. The topological polar surface area (TPSA) is 57.6 Å². The van der Waals surface area contributed by atoms with Gasteiger partial charge in [0.15, 0.2) is 0 Å². The van der Waals surface area contributed by atoms with Crippen LogP contribution in [0.25, 0.3) is 0 Å². The van der Waals surface area contributed by atoms with Gasteiger partial charge in [-0.2, -0.15) is 0 Å². The molecule has 3 rings (SSSR count). The molecule has 2 bridgehead atoms. The zero-order valence-corrected chi connectivity index (χ0v) is 11.5. The Morgan fingerprint density at radius 2 is 2.00 bits per heavy atom. The van der Waals surface area contributed by atoms with Crippen molar-refractivity contribution in [3.05, 3.63) is 11.6 Å². The summed E-state index contributed by atoms with van der Waals surface area (Å²) < 4.78 is 0. The van der Waals surface area contributed by atoms with Crippen LogP contribution in [0.2, 0.25) is 0 Å². The molecule has 0 spiro atoms. The lowest BCUT2D eigenvalue weighted by molar-refractivity contribution is -0.145. The molecule has 2 fully saturated rings. The number of carboxylic acids is 1. The summed E-state index contributed by atoms with van der Waals surface area (Å²) >= 11 is 0.